The van der Waals surface area contributed by atoms with Crippen LogP contribution in [0.1, 0.15) is 15.2 Å². The van der Waals surface area contributed by atoms with Crippen molar-refractivity contribution in [3.8, 4) is 16.9 Å². The van der Waals surface area contributed by atoms with E-state index in [0.29, 0.717) is 16.0 Å². The highest BCUT2D eigenvalue weighted by atomic mass is 32.1. The van der Waals surface area contributed by atoms with Crippen molar-refractivity contribution in [1.29, 1.82) is 0 Å². The molecule has 0 radical (unpaired) electrons. The van der Waals surface area contributed by atoms with Crippen molar-refractivity contribution < 1.29 is 14.3 Å². The molecule has 4 aromatic rings. The monoisotopic (exact) mass is 434 g/mol. The van der Waals surface area contributed by atoms with Gasteiger partial charge >= 0.3 is 0 Å². The number of primary amides is 1. The van der Waals surface area contributed by atoms with Crippen LogP contribution in [0.4, 0.5) is 0 Å². The maximum Gasteiger partial charge on any atom is 0.281 e. The molecule has 0 aliphatic rings. The number of thiophene rings is 1. The van der Waals surface area contributed by atoms with Crippen LogP contribution in [0.25, 0.3) is 21.3 Å². The van der Waals surface area contributed by atoms with Gasteiger partial charge in [0.1, 0.15) is 16.9 Å². The molecule has 2 aromatic heterocycles. The van der Waals surface area contributed by atoms with Crippen molar-refractivity contribution in [2.24, 2.45) is 5.73 Å². The fourth-order valence-electron chi connectivity index (χ4n) is 3.19. The molecular formula is C22H18N4O4S. The lowest BCUT2D eigenvalue weighted by Crippen LogP contribution is -2.35. The number of nitrogens with two attached hydrogens (primary N) is 1. The summed E-state index contributed by atoms with van der Waals surface area (Å²) < 4.78 is 6.45. The van der Waals surface area contributed by atoms with Gasteiger partial charge in [-0.15, -0.1) is 11.3 Å². The normalized spacial score (nSPS) is 10.7. The Balaban J connectivity index is 1.57. The zero-order chi connectivity index (χ0) is 22.0. The van der Waals surface area contributed by atoms with Crippen LogP contribution < -0.4 is 21.5 Å². The van der Waals surface area contributed by atoms with Crippen LogP contribution in [-0.4, -0.2) is 28.1 Å². The van der Waals surface area contributed by atoms with Gasteiger partial charge in [0.2, 0.25) is 5.91 Å². The summed E-state index contributed by atoms with van der Waals surface area (Å²) in [5.41, 5.74) is 9.34. The number of nitrogens with zero attached hydrogens (tertiary/aromatic N) is 2. The lowest BCUT2D eigenvalue weighted by molar-refractivity contribution is -0.119. The molecule has 156 valence electrons. The minimum atomic E-state index is -0.596. The van der Waals surface area contributed by atoms with Crippen LogP contribution in [0.2, 0.25) is 0 Å². The third kappa shape index (κ3) is 4.17. The van der Waals surface area contributed by atoms with Crippen molar-refractivity contribution >= 4 is 33.4 Å². The molecule has 0 fully saturated rings. The number of amides is 2. The number of benzene rings is 2. The second-order valence-electron chi connectivity index (χ2n) is 6.71. The van der Waals surface area contributed by atoms with Gasteiger partial charge in [-0.2, -0.15) is 0 Å². The number of ether oxygens (including phenoxy) is 1. The Hall–Kier alpha value is -3.98. The summed E-state index contributed by atoms with van der Waals surface area (Å²) in [6.07, 6.45) is 1.28. The number of carbonyl (C=O) groups is 2. The lowest BCUT2D eigenvalue weighted by atomic mass is 10.0. The molecule has 0 aliphatic heterocycles. The molecule has 0 spiro atoms. The summed E-state index contributed by atoms with van der Waals surface area (Å²) in [7, 11) is 0. The minimum Gasteiger partial charge on any atom is -0.484 e. The Labute approximate surface area is 180 Å². The van der Waals surface area contributed by atoms with E-state index >= 15 is 0 Å². The van der Waals surface area contributed by atoms with Gasteiger partial charge in [0.15, 0.2) is 6.61 Å². The Morgan fingerprint density at radius 1 is 1.16 bits per heavy atom. The van der Waals surface area contributed by atoms with Gasteiger partial charge in [0, 0.05) is 16.0 Å². The smallest absolute Gasteiger partial charge is 0.281 e. The molecular weight excluding hydrogens is 416 g/mol. The Morgan fingerprint density at radius 2 is 1.94 bits per heavy atom. The van der Waals surface area contributed by atoms with Gasteiger partial charge in [-0.25, -0.2) is 9.66 Å². The summed E-state index contributed by atoms with van der Waals surface area (Å²) >= 11 is 1.43. The molecule has 2 heterocycles. The summed E-state index contributed by atoms with van der Waals surface area (Å²) in [5.74, 6) is -0.839. The molecule has 9 heteroatoms. The van der Waals surface area contributed by atoms with Gasteiger partial charge in [-0.3, -0.25) is 19.8 Å². The van der Waals surface area contributed by atoms with E-state index in [0.717, 1.165) is 20.7 Å². The fraction of sp³-hybridized carbons (Fsp3) is 0.0909. The summed E-state index contributed by atoms with van der Waals surface area (Å²) in [4.78, 5) is 42.6. The first kappa shape index (κ1) is 20.3. The highest BCUT2D eigenvalue weighted by molar-refractivity contribution is 7.19. The second-order valence-corrected chi connectivity index (χ2v) is 7.92. The molecule has 0 saturated carbocycles. The molecule has 0 atom stereocenters. The van der Waals surface area contributed by atoms with E-state index in [2.05, 4.69) is 10.4 Å². The lowest BCUT2D eigenvalue weighted by Gasteiger charge is -2.10. The summed E-state index contributed by atoms with van der Waals surface area (Å²) in [6, 6.07) is 15.7. The van der Waals surface area contributed by atoms with Gasteiger partial charge < -0.3 is 10.5 Å². The Bertz CT molecular complexity index is 1340. The molecule has 0 saturated heterocycles. The fourth-order valence-corrected chi connectivity index (χ4v) is 4.19. The van der Waals surface area contributed by atoms with E-state index in [1.54, 1.807) is 18.2 Å². The van der Waals surface area contributed by atoms with E-state index in [-0.39, 0.29) is 17.7 Å². The standard InChI is InChI=1S/C22H18N4O4S/c1-13-18(14-6-3-2-4-7-14)19-21(31-13)24-12-26(22(19)29)25-17(27)11-30-16-9-5-8-15(10-16)20(23)28/h2-10,12H,11H2,1H3,(H2,23,28)(H,25,27). The van der Waals surface area contributed by atoms with Crippen molar-refractivity contribution in [2.75, 3.05) is 12.0 Å². The molecule has 8 nitrogen and oxygen atoms in total. The maximum absolute atomic E-state index is 13.1. The van der Waals surface area contributed by atoms with Crippen LogP contribution >= 0.6 is 11.3 Å². The number of hydrogen-bond donors (Lipinski definition) is 2. The van der Waals surface area contributed by atoms with Crippen LogP contribution in [0, 0.1) is 6.92 Å². The van der Waals surface area contributed by atoms with Crippen molar-refractivity contribution in [2.45, 2.75) is 6.92 Å². The quantitative estimate of drug-likeness (QED) is 0.484. The first-order valence-electron chi connectivity index (χ1n) is 9.32. The number of rotatable bonds is 6. The van der Waals surface area contributed by atoms with Crippen molar-refractivity contribution in [3.63, 3.8) is 0 Å². The van der Waals surface area contributed by atoms with E-state index in [9.17, 15) is 14.4 Å². The molecule has 0 unspecified atom stereocenters. The molecule has 2 aromatic carbocycles. The average Bonchev–Trinajstić information content (AvgIpc) is 3.11. The van der Waals surface area contributed by atoms with Gasteiger partial charge in [-0.1, -0.05) is 36.4 Å². The molecule has 0 aliphatic carbocycles. The highest BCUT2D eigenvalue weighted by Gasteiger charge is 2.17. The van der Waals surface area contributed by atoms with Gasteiger partial charge in [0.25, 0.3) is 11.5 Å². The maximum atomic E-state index is 13.1. The van der Waals surface area contributed by atoms with Crippen LogP contribution in [0.15, 0.2) is 65.7 Å². The summed E-state index contributed by atoms with van der Waals surface area (Å²) in [6.45, 7) is 1.58. The van der Waals surface area contributed by atoms with Gasteiger partial charge in [-0.05, 0) is 30.7 Å². The zero-order valence-electron chi connectivity index (χ0n) is 16.5. The van der Waals surface area contributed by atoms with E-state index in [1.165, 1.54) is 23.7 Å². The number of aryl methyl sites for hydroxylation is 1. The van der Waals surface area contributed by atoms with Crippen LogP contribution in [-0.2, 0) is 4.79 Å². The average molecular weight is 434 g/mol. The predicted octanol–water partition coefficient (Wildman–Crippen LogP) is 2.68. The highest BCUT2D eigenvalue weighted by Crippen LogP contribution is 2.35. The molecule has 3 N–H and O–H groups in total. The predicted molar refractivity (Wildman–Crippen MR) is 119 cm³/mol. The molecule has 4 rings (SSSR count). The second kappa shape index (κ2) is 8.41. The molecule has 31 heavy (non-hydrogen) atoms. The minimum absolute atomic E-state index is 0.269. The SMILES string of the molecule is Cc1sc2ncn(NC(=O)COc3cccc(C(N)=O)c3)c(=O)c2c1-c1ccccc1. The zero-order valence-corrected chi connectivity index (χ0v) is 17.3. The Kier molecular flexibility index (Phi) is 5.50. The van der Waals surface area contributed by atoms with Crippen LogP contribution in [0.3, 0.4) is 0 Å². The number of hydrogen-bond acceptors (Lipinski definition) is 6. The number of aromatic nitrogens is 2. The van der Waals surface area contributed by atoms with Crippen LogP contribution in [0.5, 0.6) is 5.75 Å². The van der Waals surface area contributed by atoms with E-state index in [4.69, 9.17) is 10.5 Å². The first-order chi connectivity index (χ1) is 14.9. The number of nitrogens with one attached hydrogen (secondary N) is 1. The molecule has 0 bridgehead atoms. The summed E-state index contributed by atoms with van der Waals surface area (Å²) in [5, 5.41) is 0.451. The largest absolute Gasteiger partial charge is 0.484 e. The number of fused-ring (bicyclic) bond motifs is 1. The number of carbonyl (C=O) groups excluding carboxylic acids is 2. The van der Waals surface area contributed by atoms with Gasteiger partial charge in [0.05, 0.1) is 5.39 Å². The van der Waals surface area contributed by atoms with Crippen molar-refractivity contribution in [3.05, 3.63) is 81.7 Å². The van der Waals surface area contributed by atoms with E-state index in [1.807, 2.05) is 37.3 Å². The van der Waals surface area contributed by atoms with E-state index < -0.39 is 11.8 Å². The Morgan fingerprint density at radius 3 is 2.68 bits per heavy atom. The third-order valence-electron chi connectivity index (χ3n) is 4.58. The third-order valence-corrected chi connectivity index (χ3v) is 5.60. The van der Waals surface area contributed by atoms with Crippen molar-refractivity contribution in [1.82, 2.24) is 9.66 Å². The topological polar surface area (TPSA) is 116 Å². The first-order valence-corrected chi connectivity index (χ1v) is 10.1. The molecule has 2 amide bonds.